The van der Waals surface area contributed by atoms with Crippen LogP contribution in [0.3, 0.4) is 0 Å². The maximum absolute atomic E-state index is 11.7. The maximum atomic E-state index is 11.7. The third-order valence-electron chi connectivity index (χ3n) is 3.16. The molecule has 0 spiro atoms. The zero-order valence-electron chi connectivity index (χ0n) is 11.1. The van der Waals surface area contributed by atoms with Crippen LogP contribution in [0.25, 0.3) is 0 Å². The highest BCUT2D eigenvalue weighted by Gasteiger charge is 2.19. The summed E-state index contributed by atoms with van der Waals surface area (Å²) in [5.74, 6) is -1.35. The lowest BCUT2D eigenvalue weighted by atomic mass is 10.2. The number of amides is 1. The molecule has 6 nitrogen and oxygen atoms in total. The predicted octanol–water partition coefficient (Wildman–Crippen LogP) is 0.367. The summed E-state index contributed by atoms with van der Waals surface area (Å²) in [6, 6.07) is 5.82. The van der Waals surface area contributed by atoms with Crippen molar-refractivity contribution in [2.45, 2.75) is 6.54 Å². The Morgan fingerprint density at radius 1 is 1.20 bits per heavy atom. The fourth-order valence-electron chi connectivity index (χ4n) is 2.10. The smallest absolute Gasteiger partial charge is 0.328 e. The van der Waals surface area contributed by atoms with E-state index in [4.69, 9.17) is 5.11 Å². The minimum atomic E-state index is -1.10. The van der Waals surface area contributed by atoms with Crippen molar-refractivity contribution in [1.82, 2.24) is 14.8 Å². The topological polar surface area (TPSA) is 73.7 Å². The van der Waals surface area contributed by atoms with Crippen molar-refractivity contribution in [1.29, 1.82) is 0 Å². The van der Waals surface area contributed by atoms with E-state index in [0.717, 1.165) is 37.5 Å². The molecule has 0 aromatic carbocycles. The van der Waals surface area contributed by atoms with Gasteiger partial charge >= 0.3 is 5.97 Å². The highest BCUT2D eigenvalue weighted by Crippen LogP contribution is 2.07. The molecule has 2 rings (SSSR count). The van der Waals surface area contributed by atoms with Crippen molar-refractivity contribution in [3.05, 3.63) is 42.2 Å². The number of hydrogen-bond donors (Lipinski definition) is 1. The number of aliphatic carboxylic acids is 1. The summed E-state index contributed by atoms with van der Waals surface area (Å²) in [7, 11) is 0. The summed E-state index contributed by atoms with van der Waals surface area (Å²) >= 11 is 0. The summed E-state index contributed by atoms with van der Waals surface area (Å²) in [6.45, 7) is 3.52. The van der Waals surface area contributed by atoms with Crippen LogP contribution in [0.15, 0.2) is 36.5 Å². The van der Waals surface area contributed by atoms with E-state index in [-0.39, 0.29) is 5.91 Å². The van der Waals surface area contributed by atoms with Crippen LogP contribution in [-0.2, 0) is 16.1 Å². The summed E-state index contributed by atoms with van der Waals surface area (Å²) in [5, 5.41) is 8.49. The second kappa shape index (κ2) is 6.81. The van der Waals surface area contributed by atoms with Gasteiger partial charge in [-0.25, -0.2) is 4.79 Å². The van der Waals surface area contributed by atoms with Crippen LogP contribution in [0.1, 0.15) is 5.69 Å². The SMILES string of the molecule is O=C(O)/C=C/C(=O)N1CCN(Cc2ccccn2)CC1. The Kier molecular flexibility index (Phi) is 4.84. The fourth-order valence-corrected chi connectivity index (χ4v) is 2.10. The zero-order valence-corrected chi connectivity index (χ0v) is 11.1. The van der Waals surface area contributed by atoms with Crippen molar-refractivity contribution < 1.29 is 14.7 Å². The molecule has 1 amide bonds. The minimum Gasteiger partial charge on any atom is -0.478 e. The number of pyridine rings is 1. The molecule has 0 unspecified atom stereocenters. The van der Waals surface area contributed by atoms with Gasteiger partial charge in [0.2, 0.25) is 5.91 Å². The van der Waals surface area contributed by atoms with Crippen LogP contribution in [0.5, 0.6) is 0 Å². The van der Waals surface area contributed by atoms with Gasteiger partial charge in [-0.2, -0.15) is 0 Å². The van der Waals surface area contributed by atoms with Crippen LogP contribution in [-0.4, -0.2) is 57.9 Å². The fraction of sp³-hybridized carbons (Fsp3) is 0.357. The van der Waals surface area contributed by atoms with Crippen molar-refractivity contribution in [2.24, 2.45) is 0 Å². The van der Waals surface area contributed by atoms with Crippen LogP contribution in [0.2, 0.25) is 0 Å². The van der Waals surface area contributed by atoms with Gasteiger partial charge in [-0.3, -0.25) is 14.7 Å². The van der Waals surface area contributed by atoms with Gasteiger partial charge in [0.05, 0.1) is 5.69 Å². The monoisotopic (exact) mass is 275 g/mol. The van der Waals surface area contributed by atoms with Crippen molar-refractivity contribution >= 4 is 11.9 Å². The Morgan fingerprint density at radius 3 is 2.55 bits per heavy atom. The van der Waals surface area contributed by atoms with Gasteiger partial charge in [0.15, 0.2) is 0 Å². The second-order valence-corrected chi connectivity index (χ2v) is 4.59. The van der Waals surface area contributed by atoms with Gasteiger partial charge in [-0.15, -0.1) is 0 Å². The standard InChI is InChI=1S/C14H17N3O3/c18-13(4-5-14(19)20)17-9-7-16(8-10-17)11-12-3-1-2-6-15-12/h1-6H,7-11H2,(H,19,20)/b5-4+. The van der Waals surface area contributed by atoms with Gasteiger partial charge in [0.1, 0.15) is 0 Å². The number of piperazine rings is 1. The van der Waals surface area contributed by atoms with E-state index in [1.807, 2.05) is 18.2 Å². The molecule has 6 heteroatoms. The molecule has 0 radical (unpaired) electrons. The largest absolute Gasteiger partial charge is 0.478 e. The number of carboxylic acids is 1. The minimum absolute atomic E-state index is 0.245. The van der Waals surface area contributed by atoms with Crippen LogP contribution >= 0.6 is 0 Å². The van der Waals surface area contributed by atoms with E-state index in [9.17, 15) is 9.59 Å². The first-order chi connectivity index (χ1) is 9.65. The number of rotatable bonds is 4. The lowest BCUT2D eigenvalue weighted by molar-refractivity contribution is -0.132. The molecular weight excluding hydrogens is 258 g/mol. The molecule has 1 aliphatic rings. The normalized spacial score (nSPS) is 16.5. The molecule has 20 heavy (non-hydrogen) atoms. The molecule has 1 saturated heterocycles. The lowest BCUT2D eigenvalue weighted by Crippen LogP contribution is -2.47. The molecule has 1 aromatic rings. The molecule has 1 aliphatic heterocycles. The van der Waals surface area contributed by atoms with Gasteiger partial charge in [-0.05, 0) is 12.1 Å². The molecule has 2 heterocycles. The Morgan fingerprint density at radius 2 is 1.95 bits per heavy atom. The van der Waals surface area contributed by atoms with E-state index in [0.29, 0.717) is 13.1 Å². The Hall–Kier alpha value is -2.21. The molecular formula is C14H17N3O3. The van der Waals surface area contributed by atoms with E-state index >= 15 is 0 Å². The average molecular weight is 275 g/mol. The molecule has 0 bridgehead atoms. The molecule has 0 saturated carbocycles. The van der Waals surface area contributed by atoms with Gasteiger partial charge in [0.25, 0.3) is 0 Å². The van der Waals surface area contributed by atoms with Crippen molar-refractivity contribution in [2.75, 3.05) is 26.2 Å². The third kappa shape index (κ3) is 4.17. The number of hydrogen-bond acceptors (Lipinski definition) is 4. The van der Waals surface area contributed by atoms with Crippen molar-refractivity contribution in [3.8, 4) is 0 Å². The van der Waals surface area contributed by atoms with Gasteiger partial charge in [0, 0.05) is 51.1 Å². The first-order valence-electron chi connectivity index (χ1n) is 6.47. The first-order valence-corrected chi connectivity index (χ1v) is 6.47. The Balaban J connectivity index is 1.80. The number of carbonyl (C=O) groups excluding carboxylic acids is 1. The highest BCUT2D eigenvalue weighted by molar-refractivity contribution is 5.93. The lowest BCUT2D eigenvalue weighted by Gasteiger charge is -2.33. The van der Waals surface area contributed by atoms with Gasteiger partial charge < -0.3 is 10.0 Å². The zero-order chi connectivity index (χ0) is 14.4. The highest BCUT2D eigenvalue weighted by atomic mass is 16.4. The van der Waals surface area contributed by atoms with Crippen LogP contribution < -0.4 is 0 Å². The molecule has 1 aromatic heterocycles. The predicted molar refractivity (Wildman–Crippen MR) is 72.9 cm³/mol. The second-order valence-electron chi connectivity index (χ2n) is 4.59. The van der Waals surface area contributed by atoms with Crippen LogP contribution in [0.4, 0.5) is 0 Å². The summed E-state index contributed by atoms with van der Waals surface area (Å²) in [5.41, 5.74) is 1.01. The van der Waals surface area contributed by atoms with Crippen LogP contribution in [0, 0.1) is 0 Å². The molecule has 0 atom stereocenters. The summed E-state index contributed by atoms with van der Waals surface area (Å²) in [6.07, 6.45) is 3.76. The van der Waals surface area contributed by atoms with Gasteiger partial charge in [-0.1, -0.05) is 6.07 Å². The quantitative estimate of drug-likeness (QED) is 0.803. The van der Waals surface area contributed by atoms with E-state index in [2.05, 4.69) is 9.88 Å². The molecule has 0 aliphatic carbocycles. The molecule has 106 valence electrons. The Bertz CT molecular complexity index is 494. The Labute approximate surface area is 117 Å². The number of aromatic nitrogens is 1. The maximum Gasteiger partial charge on any atom is 0.328 e. The first kappa shape index (κ1) is 14.2. The number of nitrogens with zero attached hydrogens (tertiary/aromatic N) is 3. The average Bonchev–Trinajstić information content (AvgIpc) is 2.46. The molecule has 1 N–H and O–H groups in total. The van der Waals surface area contributed by atoms with E-state index in [1.54, 1.807) is 11.1 Å². The number of carbonyl (C=O) groups is 2. The number of carboxylic acid groups (broad SMARTS) is 1. The third-order valence-corrected chi connectivity index (χ3v) is 3.16. The van der Waals surface area contributed by atoms with E-state index in [1.165, 1.54) is 0 Å². The summed E-state index contributed by atoms with van der Waals surface area (Å²) < 4.78 is 0. The molecule has 1 fully saturated rings. The van der Waals surface area contributed by atoms with E-state index < -0.39 is 5.97 Å². The van der Waals surface area contributed by atoms with Crippen molar-refractivity contribution in [3.63, 3.8) is 0 Å². The summed E-state index contributed by atoms with van der Waals surface area (Å²) in [4.78, 5) is 30.2.